The van der Waals surface area contributed by atoms with Crippen molar-refractivity contribution in [3.63, 3.8) is 0 Å². The second-order valence-corrected chi connectivity index (χ2v) is 6.91. The van der Waals surface area contributed by atoms with Crippen molar-refractivity contribution < 1.29 is 9.59 Å². The van der Waals surface area contributed by atoms with E-state index in [9.17, 15) is 9.59 Å². The Hall–Kier alpha value is -1.36. The Kier molecular flexibility index (Phi) is 6.41. The number of hydrogen-bond acceptors (Lipinski definition) is 3. The summed E-state index contributed by atoms with van der Waals surface area (Å²) in [5.41, 5.74) is 11.2. The van der Waals surface area contributed by atoms with Gasteiger partial charge in [-0.25, -0.2) is 0 Å². The quantitative estimate of drug-likeness (QED) is 0.663. The molecule has 0 rings (SSSR count). The molecule has 0 fully saturated rings. The first-order valence-corrected chi connectivity index (χ1v) is 6.89. The largest absolute Gasteiger partial charge is 0.368 e. The number of carbonyl (C=O) groups is 2. The van der Waals surface area contributed by atoms with Gasteiger partial charge in [-0.3, -0.25) is 9.59 Å². The van der Waals surface area contributed by atoms with Gasteiger partial charge in [-0.2, -0.15) is 0 Å². The maximum atomic E-state index is 11.9. The highest BCUT2D eigenvalue weighted by Crippen LogP contribution is 2.37. The maximum absolute atomic E-state index is 11.9. The smallest absolute Gasteiger partial charge is 0.234 e. The normalized spacial score (nSPS) is 14.8. The summed E-state index contributed by atoms with van der Waals surface area (Å²) in [5.74, 6) is -0.547. The standard InChI is InChI=1S/C15H29N3O2/c1-7-10(2)18-11(19)8-14(3,4)9-15(5,6)12(16)13(17)20/h7,12H,8-9,16H2,1-6H3,(H2,17,20)(H,18,19). The third-order valence-corrected chi connectivity index (χ3v) is 3.49. The molecule has 0 saturated carbocycles. The molecule has 0 aliphatic heterocycles. The summed E-state index contributed by atoms with van der Waals surface area (Å²) >= 11 is 0. The van der Waals surface area contributed by atoms with E-state index in [2.05, 4.69) is 5.32 Å². The van der Waals surface area contributed by atoms with Gasteiger partial charge in [0.1, 0.15) is 0 Å². The van der Waals surface area contributed by atoms with Crippen LogP contribution < -0.4 is 16.8 Å². The lowest BCUT2D eigenvalue weighted by atomic mass is 9.69. The number of nitrogens with one attached hydrogen (secondary N) is 1. The minimum atomic E-state index is -0.720. The molecule has 0 radical (unpaired) electrons. The highest BCUT2D eigenvalue weighted by molar-refractivity contribution is 5.80. The van der Waals surface area contributed by atoms with Gasteiger partial charge in [0.25, 0.3) is 0 Å². The van der Waals surface area contributed by atoms with E-state index in [4.69, 9.17) is 11.5 Å². The van der Waals surface area contributed by atoms with E-state index in [1.54, 1.807) is 0 Å². The molecule has 0 saturated heterocycles. The Morgan fingerprint density at radius 2 is 1.75 bits per heavy atom. The van der Waals surface area contributed by atoms with Gasteiger partial charge in [-0.15, -0.1) is 0 Å². The molecule has 0 spiro atoms. The average molecular weight is 283 g/mol. The van der Waals surface area contributed by atoms with Crippen LogP contribution in [-0.4, -0.2) is 17.9 Å². The number of amides is 2. The fourth-order valence-electron chi connectivity index (χ4n) is 2.56. The predicted octanol–water partition coefficient (Wildman–Crippen LogP) is 1.67. The molecular formula is C15H29N3O2. The minimum Gasteiger partial charge on any atom is -0.368 e. The molecule has 0 aliphatic carbocycles. The van der Waals surface area contributed by atoms with Crippen molar-refractivity contribution in [2.45, 2.75) is 60.4 Å². The lowest BCUT2D eigenvalue weighted by Gasteiger charge is -2.37. The zero-order valence-electron chi connectivity index (χ0n) is 13.5. The Labute approximate surface area is 122 Å². The Morgan fingerprint density at radius 3 is 2.15 bits per heavy atom. The fraction of sp³-hybridized carbons (Fsp3) is 0.733. The molecule has 0 aromatic heterocycles. The minimum absolute atomic E-state index is 0.0333. The molecule has 5 N–H and O–H groups in total. The lowest BCUT2D eigenvalue weighted by Crippen LogP contribution is -2.49. The van der Waals surface area contributed by atoms with E-state index < -0.39 is 17.4 Å². The van der Waals surface area contributed by atoms with Crippen LogP contribution in [0.5, 0.6) is 0 Å². The van der Waals surface area contributed by atoms with E-state index in [0.717, 1.165) is 5.70 Å². The second kappa shape index (κ2) is 6.88. The Bertz CT molecular complexity index is 398. The van der Waals surface area contributed by atoms with Crippen molar-refractivity contribution in [2.75, 3.05) is 0 Å². The number of nitrogens with two attached hydrogens (primary N) is 2. The topological polar surface area (TPSA) is 98.2 Å². The molecule has 5 heteroatoms. The molecule has 0 bridgehead atoms. The highest BCUT2D eigenvalue weighted by atomic mass is 16.2. The molecule has 0 aliphatic rings. The fourth-order valence-corrected chi connectivity index (χ4v) is 2.56. The van der Waals surface area contributed by atoms with E-state index in [-0.39, 0.29) is 11.3 Å². The first-order chi connectivity index (χ1) is 8.91. The summed E-state index contributed by atoms with van der Waals surface area (Å²) < 4.78 is 0. The third-order valence-electron chi connectivity index (χ3n) is 3.49. The van der Waals surface area contributed by atoms with Crippen LogP contribution in [0.2, 0.25) is 0 Å². The van der Waals surface area contributed by atoms with Crippen molar-refractivity contribution in [3.05, 3.63) is 11.8 Å². The van der Waals surface area contributed by atoms with Gasteiger partial charge >= 0.3 is 0 Å². The SMILES string of the molecule is CC=C(C)NC(=O)CC(C)(C)CC(C)(C)C(N)C(N)=O. The molecule has 20 heavy (non-hydrogen) atoms. The molecule has 5 nitrogen and oxygen atoms in total. The van der Waals surface area contributed by atoms with E-state index in [1.807, 2.05) is 47.6 Å². The number of allylic oxidation sites excluding steroid dienone is 2. The first-order valence-electron chi connectivity index (χ1n) is 6.89. The van der Waals surface area contributed by atoms with Crippen LogP contribution in [0.15, 0.2) is 11.8 Å². The van der Waals surface area contributed by atoms with Crippen molar-refractivity contribution >= 4 is 11.8 Å². The van der Waals surface area contributed by atoms with E-state index >= 15 is 0 Å². The van der Waals surface area contributed by atoms with Gasteiger partial charge in [0.05, 0.1) is 6.04 Å². The average Bonchev–Trinajstić information content (AvgIpc) is 2.24. The van der Waals surface area contributed by atoms with Crippen LogP contribution in [0.4, 0.5) is 0 Å². The third kappa shape index (κ3) is 6.19. The molecule has 0 aromatic carbocycles. The van der Waals surface area contributed by atoms with Gasteiger partial charge in [0.2, 0.25) is 11.8 Å². The highest BCUT2D eigenvalue weighted by Gasteiger charge is 2.37. The summed E-state index contributed by atoms with van der Waals surface area (Å²) in [7, 11) is 0. The lowest BCUT2D eigenvalue weighted by molar-refractivity contribution is -0.123. The zero-order chi connectivity index (χ0) is 16.1. The summed E-state index contributed by atoms with van der Waals surface area (Å²) in [5, 5.41) is 2.82. The van der Waals surface area contributed by atoms with Gasteiger partial charge in [0, 0.05) is 12.1 Å². The second-order valence-electron chi connectivity index (χ2n) is 6.91. The van der Waals surface area contributed by atoms with Crippen molar-refractivity contribution in [1.29, 1.82) is 0 Å². The van der Waals surface area contributed by atoms with Crippen LogP contribution in [0.3, 0.4) is 0 Å². The van der Waals surface area contributed by atoms with Crippen LogP contribution in [0.25, 0.3) is 0 Å². The number of primary amides is 1. The van der Waals surface area contributed by atoms with Gasteiger partial charge in [-0.05, 0) is 31.1 Å². The summed E-state index contributed by atoms with van der Waals surface area (Å²) in [6.07, 6.45) is 2.84. The molecular weight excluding hydrogens is 254 g/mol. The monoisotopic (exact) mass is 283 g/mol. The van der Waals surface area contributed by atoms with Crippen LogP contribution in [0, 0.1) is 10.8 Å². The molecule has 2 amide bonds. The van der Waals surface area contributed by atoms with Gasteiger partial charge < -0.3 is 16.8 Å². The zero-order valence-corrected chi connectivity index (χ0v) is 13.5. The van der Waals surface area contributed by atoms with Gasteiger partial charge in [-0.1, -0.05) is 33.8 Å². The summed E-state index contributed by atoms with van der Waals surface area (Å²) in [4.78, 5) is 23.2. The van der Waals surface area contributed by atoms with Crippen LogP contribution >= 0.6 is 0 Å². The molecule has 1 atom stereocenters. The van der Waals surface area contributed by atoms with E-state index in [1.165, 1.54) is 0 Å². The van der Waals surface area contributed by atoms with E-state index in [0.29, 0.717) is 12.8 Å². The molecule has 116 valence electrons. The van der Waals surface area contributed by atoms with Crippen LogP contribution in [-0.2, 0) is 9.59 Å². The Morgan fingerprint density at radius 1 is 1.25 bits per heavy atom. The van der Waals surface area contributed by atoms with Crippen LogP contribution in [0.1, 0.15) is 54.4 Å². The summed E-state index contributed by atoms with van der Waals surface area (Å²) in [6, 6.07) is -0.720. The Balaban J connectivity index is 4.74. The number of carbonyl (C=O) groups excluding carboxylic acids is 2. The van der Waals surface area contributed by atoms with Gasteiger partial charge in [0.15, 0.2) is 0 Å². The van der Waals surface area contributed by atoms with Crippen molar-refractivity contribution in [3.8, 4) is 0 Å². The molecule has 0 aromatic rings. The van der Waals surface area contributed by atoms with Crippen molar-refractivity contribution in [1.82, 2.24) is 5.32 Å². The first kappa shape index (κ1) is 18.6. The molecule has 1 unspecified atom stereocenters. The molecule has 0 heterocycles. The predicted molar refractivity (Wildman–Crippen MR) is 81.5 cm³/mol. The number of rotatable bonds is 7. The van der Waals surface area contributed by atoms with Crippen molar-refractivity contribution in [2.24, 2.45) is 22.3 Å². The number of hydrogen-bond donors (Lipinski definition) is 3. The summed E-state index contributed by atoms with van der Waals surface area (Å²) in [6.45, 7) is 11.5. The maximum Gasteiger partial charge on any atom is 0.234 e.